The SMILES string of the molecule is C[C@@H]1CC(Cc2ccccc2)C[C@@H](C)N1N. The van der Waals surface area contributed by atoms with E-state index in [4.69, 9.17) is 5.84 Å². The molecule has 0 spiro atoms. The van der Waals surface area contributed by atoms with Crippen molar-refractivity contribution in [2.45, 2.75) is 45.2 Å². The fourth-order valence-corrected chi connectivity index (χ4v) is 2.85. The zero-order valence-electron chi connectivity index (χ0n) is 10.3. The van der Waals surface area contributed by atoms with E-state index < -0.39 is 0 Å². The quantitative estimate of drug-likeness (QED) is 0.773. The maximum Gasteiger partial charge on any atom is 0.0218 e. The minimum Gasteiger partial charge on any atom is -0.268 e. The molecule has 0 aliphatic carbocycles. The third-order valence-corrected chi connectivity index (χ3v) is 3.73. The fraction of sp³-hybridized carbons (Fsp3) is 0.571. The number of piperidine rings is 1. The van der Waals surface area contributed by atoms with Crippen LogP contribution in [0.2, 0.25) is 0 Å². The Balaban J connectivity index is 1.97. The minimum atomic E-state index is 0.512. The van der Waals surface area contributed by atoms with Crippen molar-refractivity contribution in [1.29, 1.82) is 0 Å². The smallest absolute Gasteiger partial charge is 0.0218 e. The Labute approximate surface area is 98.4 Å². The molecule has 0 amide bonds. The van der Waals surface area contributed by atoms with Gasteiger partial charge in [-0.25, -0.2) is 5.01 Å². The molecule has 0 radical (unpaired) electrons. The Morgan fingerprint density at radius 2 is 1.69 bits per heavy atom. The van der Waals surface area contributed by atoms with Gasteiger partial charge in [0.1, 0.15) is 0 Å². The number of nitrogens with zero attached hydrogens (tertiary/aromatic N) is 1. The lowest BCUT2D eigenvalue weighted by Gasteiger charge is -2.39. The summed E-state index contributed by atoms with van der Waals surface area (Å²) in [6.45, 7) is 4.46. The normalized spacial score (nSPS) is 31.6. The van der Waals surface area contributed by atoms with Crippen LogP contribution in [0, 0.1) is 5.92 Å². The van der Waals surface area contributed by atoms with Gasteiger partial charge in [-0.1, -0.05) is 30.3 Å². The lowest BCUT2D eigenvalue weighted by Crippen LogP contribution is -2.51. The Kier molecular flexibility index (Phi) is 3.62. The molecule has 2 heteroatoms. The standard InChI is InChI=1S/C14H22N2/c1-11-8-14(9-12(2)16(11)15)10-13-6-4-3-5-7-13/h3-7,11-12,14H,8-10,15H2,1-2H3/t11-,12-/m1/s1. The molecule has 0 unspecified atom stereocenters. The van der Waals surface area contributed by atoms with Crippen LogP contribution in [0.4, 0.5) is 0 Å². The zero-order chi connectivity index (χ0) is 11.5. The molecular weight excluding hydrogens is 196 g/mol. The number of hydrogen-bond donors (Lipinski definition) is 1. The second-order valence-corrected chi connectivity index (χ2v) is 5.17. The fourth-order valence-electron chi connectivity index (χ4n) is 2.85. The third kappa shape index (κ3) is 2.63. The summed E-state index contributed by atoms with van der Waals surface area (Å²) in [5.74, 6) is 6.80. The van der Waals surface area contributed by atoms with Crippen molar-refractivity contribution in [2.75, 3.05) is 0 Å². The predicted octanol–water partition coefficient (Wildman–Crippen LogP) is 2.59. The molecule has 1 aromatic carbocycles. The second kappa shape index (κ2) is 4.98. The van der Waals surface area contributed by atoms with Crippen LogP contribution in [0.25, 0.3) is 0 Å². The van der Waals surface area contributed by atoms with Gasteiger partial charge in [-0.15, -0.1) is 0 Å². The van der Waals surface area contributed by atoms with Crippen LogP contribution in [0.5, 0.6) is 0 Å². The van der Waals surface area contributed by atoms with Gasteiger partial charge in [-0.2, -0.15) is 0 Å². The number of nitrogens with two attached hydrogens (primary N) is 1. The first-order valence-electron chi connectivity index (χ1n) is 6.23. The van der Waals surface area contributed by atoms with E-state index in [0.717, 1.165) is 5.92 Å². The maximum absolute atomic E-state index is 6.01. The Morgan fingerprint density at radius 3 is 2.25 bits per heavy atom. The molecule has 2 N–H and O–H groups in total. The van der Waals surface area contributed by atoms with Crippen molar-refractivity contribution < 1.29 is 0 Å². The highest BCUT2D eigenvalue weighted by atomic mass is 15.4. The van der Waals surface area contributed by atoms with E-state index in [1.54, 1.807) is 0 Å². The van der Waals surface area contributed by atoms with Crippen LogP contribution >= 0.6 is 0 Å². The summed E-state index contributed by atoms with van der Waals surface area (Å²) in [6, 6.07) is 11.8. The summed E-state index contributed by atoms with van der Waals surface area (Å²) < 4.78 is 0. The zero-order valence-corrected chi connectivity index (χ0v) is 10.3. The first-order valence-corrected chi connectivity index (χ1v) is 6.23. The van der Waals surface area contributed by atoms with Crippen molar-refractivity contribution in [3.63, 3.8) is 0 Å². The van der Waals surface area contributed by atoms with Crippen LogP contribution in [0.1, 0.15) is 32.3 Å². The van der Waals surface area contributed by atoms with Crippen molar-refractivity contribution in [2.24, 2.45) is 11.8 Å². The van der Waals surface area contributed by atoms with E-state index in [0.29, 0.717) is 12.1 Å². The number of hydrazine groups is 1. The van der Waals surface area contributed by atoms with Gasteiger partial charge in [-0.3, -0.25) is 5.84 Å². The lowest BCUT2D eigenvalue weighted by molar-refractivity contribution is 0.0705. The molecule has 1 aliphatic rings. The van der Waals surface area contributed by atoms with Gasteiger partial charge >= 0.3 is 0 Å². The van der Waals surface area contributed by atoms with Crippen LogP contribution in [0.15, 0.2) is 30.3 Å². The van der Waals surface area contributed by atoms with Crippen LogP contribution in [0.3, 0.4) is 0 Å². The summed E-state index contributed by atoms with van der Waals surface area (Å²) in [5, 5.41) is 2.02. The van der Waals surface area contributed by atoms with E-state index in [2.05, 4.69) is 44.2 Å². The van der Waals surface area contributed by atoms with Gasteiger partial charge in [-0.05, 0) is 44.6 Å². The maximum atomic E-state index is 6.01. The summed E-state index contributed by atoms with van der Waals surface area (Å²) in [5.41, 5.74) is 1.46. The molecule has 1 heterocycles. The van der Waals surface area contributed by atoms with Gasteiger partial charge in [0.15, 0.2) is 0 Å². The molecule has 2 rings (SSSR count). The average Bonchev–Trinajstić information content (AvgIpc) is 2.27. The summed E-state index contributed by atoms with van der Waals surface area (Å²) >= 11 is 0. The molecule has 0 saturated carbocycles. The van der Waals surface area contributed by atoms with Gasteiger partial charge in [0.05, 0.1) is 0 Å². The molecule has 88 valence electrons. The molecule has 1 saturated heterocycles. The molecule has 2 atom stereocenters. The van der Waals surface area contributed by atoms with Crippen molar-refractivity contribution in [1.82, 2.24) is 5.01 Å². The second-order valence-electron chi connectivity index (χ2n) is 5.17. The van der Waals surface area contributed by atoms with E-state index in [9.17, 15) is 0 Å². The summed E-state index contributed by atoms with van der Waals surface area (Å²) in [4.78, 5) is 0. The third-order valence-electron chi connectivity index (χ3n) is 3.73. The molecule has 0 aromatic heterocycles. The molecule has 16 heavy (non-hydrogen) atoms. The largest absolute Gasteiger partial charge is 0.268 e. The first kappa shape index (κ1) is 11.6. The van der Waals surface area contributed by atoms with E-state index >= 15 is 0 Å². The minimum absolute atomic E-state index is 0.512. The van der Waals surface area contributed by atoms with Crippen molar-refractivity contribution in [3.8, 4) is 0 Å². The highest BCUT2D eigenvalue weighted by Gasteiger charge is 2.28. The number of benzene rings is 1. The average molecular weight is 218 g/mol. The molecule has 0 bridgehead atoms. The lowest BCUT2D eigenvalue weighted by atomic mass is 9.84. The summed E-state index contributed by atoms with van der Waals surface area (Å²) in [6.07, 6.45) is 3.63. The molecule has 1 fully saturated rings. The van der Waals surface area contributed by atoms with E-state index in [1.165, 1.54) is 24.8 Å². The molecular formula is C14H22N2. The van der Waals surface area contributed by atoms with E-state index in [1.807, 2.05) is 5.01 Å². The predicted molar refractivity (Wildman–Crippen MR) is 67.8 cm³/mol. The van der Waals surface area contributed by atoms with E-state index in [-0.39, 0.29) is 0 Å². The Bertz CT molecular complexity index is 311. The van der Waals surface area contributed by atoms with Gasteiger partial charge < -0.3 is 0 Å². The Hall–Kier alpha value is -0.860. The Morgan fingerprint density at radius 1 is 1.12 bits per heavy atom. The van der Waals surface area contributed by atoms with Gasteiger partial charge in [0.25, 0.3) is 0 Å². The summed E-state index contributed by atoms with van der Waals surface area (Å²) in [7, 11) is 0. The van der Waals surface area contributed by atoms with Crippen LogP contribution in [-0.4, -0.2) is 17.1 Å². The monoisotopic (exact) mass is 218 g/mol. The van der Waals surface area contributed by atoms with Crippen LogP contribution < -0.4 is 5.84 Å². The van der Waals surface area contributed by atoms with Gasteiger partial charge in [0.2, 0.25) is 0 Å². The molecule has 1 aliphatic heterocycles. The van der Waals surface area contributed by atoms with Crippen molar-refractivity contribution >= 4 is 0 Å². The molecule has 1 aromatic rings. The first-order chi connectivity index (χ1) is 7.66. The number of rotatable bonds is 2. The molecule has 2 nitrogen and oxygen atoms in total. The highest BCUT2D eigenvalue weighted by molar-refractivity contribution is 5.15. The van der Waals surface area contributed by atoms with Crippen LogP contribution in [-0.2, 0) is 6.42 Å². The van der Waals surface area contributed by atoms with Gasteiger partial charge in [0, 0.05) is 12.1 Å². The highest BCUT2D eigenvalue weighted by Crippen LogP contribution is 2.27. The van der Waals surface area contributed by atoms with Crippen molar-refractivity contribution in [3.05, 3.63) is 35.9 Å². The topological polar surface area (TPSA) is 29.3 Å². The number of hydrogen-bond acceptors (Lipinski definition) is 2.